The highest BCUT2D eigenvalue weighted by Crippen LogP contribution is 2.19. The Morgan fingerprint density at radius 2 is 0.514 bits per heavy atom. The molecule has 0 spiro atoms. The van der Waals surface area contributed by atoms with E-state index in [9.17, 15) is 38.4 Å². The lowest BCUT2D eigenvalue weighted by Crippen LogP contribution is -2.15. The van der Waals surface area contributed by atoms with E-state index in [1.807, 2.05) is 13.8 Å². The van der Waals surface area contributed by atoms with Gasteiger partial charge in [-0.1, -0.05) is 155 Å². The third-order valence-corrected chi connectivity index (χ3v) is 10.4. The Balaban J connectivity index is -0.000000417. The lowest BCUT2D eigenvalue weighted by Gasteiger charge is -2.06. The van der Waals surface area contributed by atoms with E-state index in [0.29, 0.717) is 37.8 Å². The van der Waals surface area contributed by atoms with E-state index in [2.05, 4.69) is 38.2 Å². The maximum Gasteiger partial charge on any atom is 0.336 e. The number of carboxylic acid groups (broad SMARTS) is 4. The van der Waals surface area contributed by atoms with Crippen LogP contribution in [0.5, 0.6) is 0 Å². The van der Waals surface area contributed by atoms with E-state index >= 15 is 0 Å². The molecule has 12 N–H and O–H groups in total. The molecule has 16 heteroatoms. The first-order chi connectivity index (χ1) is 33.3. The normalized spacial score (nSPS) is 10.3. The quantitative estimate of drug-likeness (QED) is 0.0226. The van der Waals surface area contributed by atoms with Crippen LogP contribution >= 0.6 is 0 Å². The first-order valence-electron chi connectivity index (χ1n) is 25.9. The second-order valence-corrected chi connectivity index (χ2v) is 17.2. The molecule has 0 radical (unpaired) electrons. The van der Waals surface area contributed by atoms with Crippen molar-refractivity contribution in [3.8, 4) is 0 Å². The molecule has 70 heavy (non-hydrogen) atoms. The molecule has 1 aromatic carbocycles. The summed E-state index contributed by atoms with van der Waals surface area (Å²) >= 11 is 0. The average molecular weight is 991 g/mol. The number of carbonyl (C=O) groups excluding carboxylic acids is 4. The smallest absolute Gasteiger partial charge is 0.336 e. The second-order valence-electron chi connectivity index (χ2n) is 17.2. The minimum absolute atomic E-state index is 0.164. The van der Waals surface area contributed by atoms with Crippen LogP contribution in [0.3, 0.4) is 0 Å². The maximum atomic E-state index is 10.8. The maximum absolute atomic E-state index is 10.8. The van der Waals surface area contributed by atoms with Gasteiger partial charge in [-0.15, -0.1) is 0 Å². The lowest BCUT2D eigenvalue weighted by molar-refractivity contribution is -0.119. The van der Waals surface area contributed by atoms with Gasteiger partial charge in [-0.3, -0.25) is 19.2 Å². The van der Waals surface area contributed by atoms with Gasteiger partial charge in [0, 0.05) is 25.7 Å². The minimum Gasteiger partial charge on any atom is -0.478 e. The van der Waals surface area contributed by atoms with E-state index in [-0.39, 0.29) is 23.6 Å². The van der Waals surface area contributed by atoms with Crippen LogP contribution < -0.4 is 22.9 Å². The van der Waals surface area contributed by atoms with Gasteiger partial charge in [-0.05, 0) is 89.2 Å². The average Bonchev–Trinajstić information content (AvgIpc) is 3.29. The zero-order valence-corrected chi connectivity index (χ0v) is 43.5. The van der Waals surface area contributed by atoms with E-state index in [0.717, 1.165) is 38.5 Å². The van der Waals surface area contributed by atoms with Gasteiger partial charge in [0.1, 0.15) is 0 Å². The van der Waals surface area contributed by atoms with Gasteiger partial charge < -0.3 is 43.4 Å². The van der Waals surface area contributed by atoms with Crippen LogP contribution in [-0.2, 0) is 19.2 Å². The van der Waals surface area contributed by atoms with Gasteiger partial charge >= 0.3 is 23.9 Å². The van der Waals surface area contributed by atoms with Crippen molar-refractivity contribution in [3.05, 3.63) is 58.7 Å². The number of unbranched alkanes of at least 4 members (excludes halogenated alkanes) is 22. The van der Waals surface area contributed by atoms with Crippen LogP contribution in [0.1, 0.15) is 275 Å². The summed E-state index contributed by atoms with van der Waals surface area (Å²) in [4.78, 5) is 83.8. The molecule has 0 unspecified atom stereocenters. The monoisotopic (exact) mass is 991 g/mol. The Kier molecular flexibility index (Phi) is 53.6. The molecule has 0 aliphatic rings. The number of nitrogens with two attached hydrogens (primary N) is 4. The van der Waals surface area contributed by atoms with Crippen LogP contribution in [0, 0.1) is 0 Å². The molecule has 0 aliphatic heterocycles. The van der Waals surface area contributed by atoms with Gasteiger partial charge in [0.2, 0.25) is 23.6 Å². The van der Waals surface area contributed by atoms with E-state index < -0.39 is 46.1 Å². The molecule has 402 valence electrons. The van der Waals surface area contributed by atoms with Gasteiger partial charge in [0.25, 0.3) is 0 Å². The van der Waals surface area contributed by atoms with E-state index in [1.54, 1.807) is 0 Å². The number of hydrogen-bond acceptors (Lipinski definition) is 8. The number of carboxylic acids is 4. The molecule has 1 aromatic rings. The summed E-state index contributed by atoms with van der Waals surface area (Å²) in [5, 5.41) is 35.0. The van der Waals surface area contributed by atoms with Crippen LogP contribution in [0.2, 0.25) is 0 Å². The zero-order valence-electron chi connectivity index (χ0n) is 43.5. The van der Waals surface area contributed by atoms with Gasteiger partial charge in [0.15, 0.2) is 0 Å². The van der Waals surface area contributed by atoms with Crippen molar-refractivity contribution in [3.63, 3.8) is 0 Å². The van der Waals surface area contributed by atoms with Crippen LogP contribution in [0.25, 0.3) is 0 Å². The fraction of sp³-hybridized carbons (Fsp3) is 0.667. The molecule has 16 nitrogen and oxygen atoms in total. The Morgan fingerprint density at radius 1 is 0.314 bits per heavy atom. The van der Waals surface area contributed by atoms with Crippen molar-refractivity contribution in [2.45, 2.75) is 233 Å². The van der Waals surface area contributed by atoms with Crippen LogP contribution in [-0.4, -0.2) is 67.9 Å². The minimum atomic E-state index is -1.66. The van der Waals surface area contributed by atoms with Gasteiger partial charge in [0.05, 0.1) is 22.3 Å². The summed E-state index contributed by atoms with van der Waals surface area (Å²) in [6, 6.07) is 1.02. The predicted octanol–water partition coefficient (Wildman–Crippen LogP) is 12.0. The van der Waals surface area contributed by atoms with Crippen molar-refractivity contribution in [2.24, 2.45) is 22.9 Å². The van der Waals surface area contributed by atoms with Crippen molar-refractivity contribution in [1.82, 2.24) is 0 Å². The number of amides is 4. The highest BCUT2D eigenvalue weighted by Gasteiger charge is 2.25. The molecule has 0 atom stereocenters. The molecular weight excluding hydrogens is 897 g/mol. The summed E-state index contributed by atoms with van der Waals surface area (Å²) in [6.45, 7) is 8.37. The molecule has 1 rings (SSSR count). The Labute approximate surface area is 419 Å². The van der Waals surface area contributed by atoms with Crippen LogP contribution in [0.4, 0.5) is 0 Å². The molecular formula is C54H94N4O12. The van der Waals surface area contributed by atoms with E-state index in [4.69, 9.17) is 43.4 Å². The number of carbonyl (C=O) groups is 8. The number of aromatic carboxylic acids is 4. The summed E-state index contributed by atoms with van der Waals surface area (Å²) in [5.41, 5.74) is 16.6. The van der Waals surface area contributed by atoms with Crippen LogP contribution in [0.15, 0.2) is 36.4 Å². The fourth-order valence-corrected chi connectivity index (χ4v) is 6.54. The Bertz CT molecular complexity index is 1460. The van der Waals surface area contributed by atoms with Gasteiger partial charge in [-0.25, -0.2) is 19.2 Å². The Hall–Kier alpha value is -5.54. The van der Waals surface area contributed by atoms with Crippen molar-refractivity contribution < 1.29 is 58.8 Å². The molecule has 0 aromatic heterocycles. The molecule has 4 amide bonds. The van der Waals surface area contributed by atoms with Crippen molar-refractivity contribution >= 4 is 47.5 Å². The fourth-order valence-electron chi connectivity index (χ4n) is 6.54. The number of hydrogen-bond donors (Lipinski definition) is 8. The van der Waals surface area contributed by atoms with Crippen molar-refractivity contribution in [1.29, 1.82) is 0 Å². The summed E-state index contributed by atoms with van der Waals surface area (Å²) in [6.07, 6.45) is 46.6. The molecule has 0 heterocycles. The van der Waals surface area contributed by atoms with E-state index in [1.165, 1.54) is 141 Å². The lowest BCUT2D eigenvalue weighted by atomic mass is 9.98. The Morgan fingerprint density at radius 3 is 0.686 bits per heavy atom. The number of rotatable bonds is 38. The highest BCUT2D eigenvalue weighted by molar-refractivity contribution is 6.09. The largest absolute Gasteiger partial charge is 0.478 e. The van der Waals surface area contributed by atoms with Gasteiger partial charge in [-0.2, -0.15) is 0 Å². The number of primary amides is 4. The number of benzene rings is 1. The summed E-state index contributed by atoms with van der Waals surface area (Å²) in [7, 11) is 0. The first-order valence-corrected chi connectivity index (χ1v) is 25.9. The zero-order chi connectivity index (χ0) is 53.8. The summed E-state index contributed by atoms with van der Waals surface area (Å²) in [5.74, 6) is -7.39. The molecule has 0 saturated carbocycles. The summed E-state index contributed by atoms with van der Waals surface area (Å²) < 4.78 is 0. The SMILES string of the molecule is CCCC(N)=O.CCCC(N)=O.CCCCCCCC/C=C\CCCCCCCC(N)=O.CCCCCCCC/C=C\CCCCCCCC(N)=O.O=C(O)c1cc(C(=O)O)c(C(=O)O)cc1C(=O)O. The first kappa shape index (κ1) is 71.0. The molecule has 0 fully saturated rings. The third kappa shape index (κ3) is 53.4. The number of allylic oxidation sites excluding steroid dienone is 4. The third-order valence-electron chi connectivity index (χ3n) is 10.4. The predicted molar refractivity (Wildman–Crippen MR) is 280 cm³/mol. The molecule has 0 aliphatic carbocycles. The highest BCUT2D eigenvalue weighted by atomic mass is 16.4. The van der Waals surface area contributed by atoms with Crippen molar-refractivity contribution in [2.75, 3.05) is 0 Å². The molecule has 0 saturated heterocycles. The molecule has 0 bridgehead atoms. The second kappa shape index (κ2) is 52.8. The standard InChI is InChI=1S/2C18H35NO.C10H6O8.2C4H9NO/c2*1-2-3-4-5-6-7-8-9-10-11-12-13-14-15-16-17-18(19)20;11-7(12)3-1-4(8(13)14)6(10(17)18)2-5(3)9(15)16;2*1-2-3-4(5)6/h2*9-10H,2-8,11-17H2,1H3,(H2,19,20);1-2H,(H,11,12)(H,13,14)(H,15,16)(H,17,18);2*2-3H2,1H3,(H2,5,6)/b2*10-9-;;;. The topological polar surface area (TPSA) is 322 Å².